The van der Waals surface area contributed by atoms with Gasteiger partial charge in [0.15, 0.2) is 0 Å². The quantitative estimate of drug-likeness (QED) is 0.651. The van der Waals surface area contributed by atoms with Gasteiger partial charge in [-0.15, -0.1) is 0 Å². The lowest BCUT2D eigenvalue weighted by Gasteiger charge is -2.10. The first-order valence-electron chi connectivity index (χ1n) is 5.93. The number of nitrogens with one attached hydrogen (secondary N) is 1. The number of alkyl halides is 1. The predicted molar refractivity (Wildman–Crippen MR) is 90.9 cm³/mol. The van der Waals surface area contributed by atoms with Crippen LogP contribution in [0.5, 0.6) is 0 Å². The van der Waals surface area contributed by atoms with Crippen molar-refractivity contribution in [1.82, 2.24) is 0 Å². The summed E-state index contributed by atoms with van der Waals surface area (Å²) in [7, 11) is 0. The molecule has 0 fully saturated rings. The summed E-state index contributed by atoms with van der Waals surface area (Å²) >= 11 is 12.9. The number of amides is 1. The molecule has 0 saturated carbocycles. The van der Waals surface area contributed by atoms with Gasteiger partial charge in [0.25, 0.3) is 5.91 Å². The molecule has 0 aliphatic carbocycles. The highest BCUT2D eigenvalue weighted by atomic mass is 79.9. The van der Waals surface area contributed by atoms with E-state index in [0.29, 0.717) is 16.3 Å². The molecule has 0 radical (unpaired) electrons. The number of carbonyl (C=O) groups excluding carboxylic acids is 1. The number of carbonyl (C=O) groups is 1. The summed E-state index contributed by atoms with van der Waals surface area (Å²) in [6.45, 7) is 1.91. The summed E-state index contributed by atoms with van der Waals surface area (Å²) in [5.74, 6) is -0.160. The van der Waals surface area contributed by atoms with Gasteiger partial charge in [-0.2, -0.15) is 0 Å². The van der Waals surface area contributed by atoms with Crippen LogP contribution in [0.4, 0.5) is 5.69 Å². The van der Waals surface area contributed by atoms with Crippen LogP contribution >= 0.6 is 43.5 Å². The van der Waals surface area contributed by atoms with Crippen molar-refractivity contribution in [3.8, 4) is 0 Å². The second kappa shape index (κ2) is 6.74. The number of anilines is 1. The minimum Gasteiger partial charge on any atom is -0.321 e. The van der Waals surface area contributed by atoms with Crippen LogP contribution in [0.15, 0.2) is 40.9 Å². The predicted octanol–water partition coefficient (Wildman–Crippen LogP) is 5.56. The molecule has 20 heavy (non-hydrogen) atoms. The molecule has 0 bridgehead atoms. The zero-order valence-corrected chi connectivity index (χ0v) is 14.6. The van der Waals surface area contributed by atoms with Crippen molar-refractivity contribution >= 4 is 55.1 Å². The maximum absolute atomic E-state index is 12.2. The fourth-order valence-electron chi connectivity index (χ4n) is 1.68. The van der Waals surface area contributed by atoms with Crippen molar-refractivity contribution in [3.05, 3.63) is 62.6 Å². The summed E-state index contributed by atoms with van der Waals surface area (Å²) in [5, 5.41) is 4.25. The molecule has 0 atom stereocenters. The number of hydrogen-bond acceptors (Lipinski definition) is 1. The highest BCUT2D eigenvalue weighted by Gasteiger charge is 2.10. The zero-order valence-electron chi connectivity index (χ0n) is 10.7. The Balaban J connectivity index is 2.20. The lowest BCUT2D eigenvalue weighted by atomic mass is 10.1. The van der Waals surface area contributed by atoms with Crippen LogP contribution in [0, 0.1) is 6.92 Å². The third-order valence-corrected chi connectivity index (χ3v) is 4.58. The maximum Gasteiger partial charge on any atom is 0.255 e. The minimum absolute atomic E-state index is 0.160. The number of hydrogen-bond donors (Lipinski definition) is 1. The van der Waals surface area contributed by atoms with Gasteiger partial charge in [0.1, 0.15) is 0 Å². The van der Waals surface area contributed by atoms with Gasteiger partial charge >= 0.3 is 0 Å². The second-order valence-electron chi connectivity index (χ2n) is 4.37. The molecule has 0 aliphatic rings. The van der Waals surface area contributed by atoms with Gasteiger partial charge < -0.3 is 5.32 Å². The molecular formula is C15H12Br2ClNO. The van der Waals surface area contributed by atoms with Crippen LogP contribution in [-0.2, 0) is 5.33 Å². The zero-order chi connectivity index (χ0) is 14.7. The third kappa shape index (κ3) is 3.62. The van der Waals surface area contributed by atoms with E-state index in [2.05, 4.69) is 37.2 Å². The van der Waals surface area contributed by atoms with Gasteiger partial charge in [0.05, 0.1) is 5.69 Å². The number of benzene rings is 2. The van der Waals surface area contributed by atoms with E-state index in [4.69, 9.17) is 11.6 Å². The molecule has 0 spiro atoms. The molecule has 5 heteroatoms. The molecule has 0 heterocycles. The summed E-state index contributed by atoms with van der Waals surface area (Å²) in [6.07, 6.45) is 0. The molecule has 104 valence electrons. The van der Waals surface area contributed by atoms with Crippen LogP contribution in [0.2, 0.25) is 5.02 Å². The number of aryl methyl sites for hydroxylation is 1. The lowest BCUT2D eigenvalue weighted by Crippen LogP contribution is -2.12. The Morgan fingerprint density at radius 3 is 2.50 bits per heavy atom. The van der Waals surface area contributed by atoms with E-state index in [-0.39, 0.29) is 5.91 Å². The molecule has 2 aromatic rings. The SMILES string of the molecule is Cc1cc(Br)c(NC(=O)c2ccc(CBr)cc2)cc1Cl. The Morgan fingerprint density at radius 2 is 1.90 bits per heavy atom. The van der Waals surface area contributed by atoms with Gasteiger partial charge in [0.2, 0.25) is 0 Å². The van der Waals surface area contributed by atoms with Crippen molar-refractivity contribution in [1.29, 1.82) is 0 Å². The van der Waals surface area contributed by atoms with E-state index >= 15 is 0 Å². The Labute approximate surface area is 139 Å². The van der Waals surface area contributed by atoms with E-state index in [1.165, 1.54) is 0 Å². The second-order valence-corrected chi connectivity index (χ2v) is 6.19. The molecule has 2 rings (SSSR count). The average molecular weight is 418 g/mol. The van der Waals surface area contributed by atoms with Gasteiger partial charge in [0, 0.05) is 20.4 Å². The van der Waals surface area contributed by atoms with E-state index < -0.39 is 0 Å². The highest BCUT2D eigenvalue weighted by Crippen LogP contribution is 2.29. The van der Waals surface area contributed by atoms with Crippen LogP contribution in [0.3, 0.4) is 0 Å². The summed E-state index contributed by atoms with van der Waals surface area (Å²) in [4.78, 5) is 12.2. The van der Waals surface area contributed by atoms with Crippen molar-refractivity contribution in [2.24, 2.45) is 0 Å². The van der Waals surface area contributed by atoms with E-state index in [1.54, 1.807) is 18.2 Å². The van der Waals surface area contributed by atoms with Gasteiger partial charge in [-0.25, -0.2) is 0 Å². The van der Waals surface area contributed by atoms with Crippen molar-refractivity contribution in [2.75, 3.05) is 5.32 Å². The largest absolute Gasteiger partial charge is 0.321 e. The molecule has 2 nitrogen and oxygen atoms in total. The van der Waals surface area contributed by atoms with Crippen LogP contribution in [0.1, 0.15) is 21.5 Å². The Morgan fingerprint density at radius 1 is 1.25 bits per heavy atom. The number of rotatable bonds is 3. The Kier molecular flexibility index (Phi) is 5.24. The van der Waals surface area contributed by atoms with Gasteiger partial charge in [-0.05, 0) is 58.2 Å². The molecule has 1 N–H and O–H groups in total. The molecule has 0 aromatic heterocycles. The van der Waals surface area contributed by atoms with E-state index in [1.807, 2.05) is 25.1 Å². The minimum atomic E-state index is -0.160. The monoisotopic (exact) mass is 415 g/mol. The first-order chi connectivity index (χ1) is 9.51. The van der Waals surface area contributed by atoms with Gasteiger partial charge in [-0.3, -0.25) is 4.79 Å². The van der Waals surface area contributed by atoms with E-state index in [9.17, 15) is 4.79 Å². The highest BCUT2D eigenvalue weighted by molar-refractivity contribution is 9.10. The summed E-state index contributed by atoms with van der Waals surface area (Å²) in [5.41, 5.74) is 3.35. The molecule has 0 aliphatic heterocycles. The Hall–Kier alpha value is -0.840. The van der Waals surface area contributed by atoms with Crippen LogP contribution in [0.25, 0.3) is 0 Å². The number of halogens is 3. The normalized spacial score (nSPS) is 10.4. The third-order valence-electron chi connectivity index (χ3n) is 2.87. The van der Waals surface area contributed by atoms with E-state index in [0.717, 1.165) is 20.9 Å². The fourth-order valence-corrected chi connectivity index (χ4v) is 2.78. The van der Waals surface area contributed by atoms with Crippen molar-refractivity contribution in [2.45, 2.75) is 12.3 Å². The first kappa shape index (κ1) is 15.5. The van der Waals surface area contributed by atoms with Crippen molar-refractivity contribution in [3.63, 3.8) is 0 Å². The maximum atomic E-state index is 12.2. The average Bonchev–Trinajstić information content (AvgIpc) is 2.44. The van der Waals surface area contributed by atoms with Crippen LogP contribution < -0.4 is 5.32 Å². The summed E-state index contributed by atoms with van der Waals surface area (Å²) in [6, 6.07) is 11.1. The molecule has 1 amide bonds. The van der Waals surface area contributed by atoms with Gasteiger partial charge in [-0.1, -0.05) is 39.7 Å². The molecular weight excluding hydrogens is 405 g/mol. The topological polar surface area (TPSA) is 29.1 Å². The molecule has 2 aromatic carbocycles. The summed E-state index contributed by atoms with van der Waals surface area (Å²) < 4.78 is 0.810. The van der Waals surface area contributed by atoms with Crippen LogP contribution in [-0.4, -0.2) is 5.91 Å². The Bertz CT molecular complexity index is 641. The smallest absolute Gasteiger partial charge is 0.255 e. The standard InChI is InChI=1S/C15H12Br2ClNO/c1-9-6-12(17)14(7-13(9)18)19-15(20)11-4-2-10(8-16)3-5-11/h2-7H,8H2,1H3,(H,19,20). The molecule has 0 unspecified atom stereocenters. The fraction of sp³-hybridized carbons (Fsp3) is 0.133. The molecule has 0 saturated heterocycles. The van der Waals surface area contributed by atoms with Crippen molar-refractivity contribution < 1.29 is 4.79 Å². The first-order valence-corrected chi connectivity index (χ1v) is 8.22. The lowest BCUT2D eigenvalue weighted by molar-refractivity contribution is 0.102.